The van der Waals surface area contributed by atoms with E-state index in [0.717, 1.165) is 5.69 Å². The Morgan fingerprint density at radius 3 is 2.25 bits per heavy atom. The maximum atomic E-state index is 15.0. The van der Waals surface area contributed by atoms with Gasteiger partial charge in [0.25, 0.3) is 0 Å². The van der Waals surface area contributed by atoms with Gasteiger partial charge in [0.05, 0.1) is 12.5 Å². The van der Waals surface area contributed by atoms with E-state index in [1.807, 2.05) is 49.6 Å². The zero-order valence-corrected chi connectivity index (χ0v) is 28.2. The van der Waals surface area contributed by atoms with E-state index in [9.17, 15) is 14.0 Å². The summed E-state index contributed by atoms with van der Waals surface area (Å²) < 4.78 is 20.4. The number of esters is 1. The lowest BCUT2D eigenvalue weighted by Gasteiger charge is -2.36. The summed E-state index contributed by atoms with van der Waals surface area (Å²) in [5.41, 5.74) is 5.19. The molecular formula is C36H53FN4O3. The third kappa shape index (κ3) is 8.87. The highest BCUT2D eigenvalue weighted by Gasteiger charge is 2.45. The predicted octanol–water partition coefficient (Wildman–Crippen LogP) is 5.57. The maximum absolute atomic E-state index is 15.0. The van der Waals surface area contributed by atoms with E-state index >= 15 is 0 Å². The van der Waals surface area contributed by atoms with Crippen LogP contribution in [0.1, 0.15) is 88.8 Å². The number of rotatable bonds is 5. The van der Waals surface area contributed by atoms with Gasteiger partial charge in [0.1, 0.15) is 5.60 Å². The van der Waals surface area contributed by atoms with Gasteiger partial charge in [0.2, 0.25) is 11.9 Å². The van der Waals surface area contributed by atoms with Crippen molar-refractivity contribution >= 4 is 11.9 Å². The van der Waals surface area contributed by atoms with E-state index in [0.29, 0.717) is 51.3 Å². The number of hydrogen-bond acceptors (Lipinski definition) is 6. The van der Waals surface area contributed by atoms with Gasteiger partial charge >= 0.3 is 5.97 Å². The van der Waals surface area contributed by atoms with Gasteiger partial charge < -0.3 is 9.64 Å². The molecule has 0 saturated carbocycles. The van der Waals surface area contributed by atoms with Gasteiger partial charge in [-0.1, -0.05) is 36.8 Å². The number of aryl methyl sites for hydroxylation is 4. The number of likely N-dealkylation sites (tertiary alicyclic amines) is 1. The molecule has 44 heavy (non-hydrogen) atoms. The van der Waals surface area contributed by atoms with Crippen molar-refractivity contribution in [3.05, 3.63) is 64.2 Å². The van der Waals surface area contributed by atoms with E-state index < -0.39 is 11.5 Å². The molecule has 0 bridgehead atoms. The Bertz CT molecular complexity index is 1310. The number of amides is 1. The second-order valence-corrected chi connectivity index (χ2v) is 14.6. The van der Waals surface area contributed by atoms with Gasteiger partial charge in [0, 0.05) is 62.0 Å². The highest BCUT2D eigenvalue weighted by atomic mass is 19.1. The molecule has 2 atom stereocenters. The molecule has 242 valence electrons. The zero-order valence-electron chi connectivity index (χ0n) is 28.2. The predicted molar refractivity (Wildman–Crippen MR) is 173 cm³/mol. The summed E-state index contributed by atoms with van der Waals surface area (Å²) in [6.07, 6.45) is 4.64. The lowest BCUT2D eigenvalue weighted by Crippen LogP contribution is -2.52. The molecule has 2 fully saturated rings. The molecule has 1 aromatic carbocycles. The normalized spacial score (nSPS) is 21.1. The lowest BCUT2D eigenvalue weighted by atomic mass is 9.88. The average Bonchev–Trinajstić information content (AvgIpc) is 3.59. The number of nitrogens with zero attached hydrogens (tertiary/aromatic N) is 4. The number of aromatic nitrogens is 1. The molecule has 2 aliphatic heterocycles. The van der Waals surface area contributed by atoms with E-state index in [2.05, 4.69) is 55.8 Å². The summed E-state index contributed by atoms with van der Waals surface area (Å²) in [4.78, 5) is 36.1. The zero-order chi connectivity index (χ0) is 32.2. The number of ether oxygens (including phenoxy) is 1. The molecule has 5 rings (SSSR count). The van der Waals surface area contributed by atoms with Gasteiger partial charge in [0.15, 0.2) is 0 Å². The largest absolute Gasteiger partial charge is 0.459 e. The van der Waals surface area contributed by atoms with Gasteiger partial charge in [-0.3, -0.25) is 19.4 Å². The van der Waals surface area contributed by atoms with Gasteiger partial charge in [-0.2, -0.15) is 4.39 Å². The molecule has 1 amide bonds. The minimum Gasteiger partial charge on any atom is -0.459 e. The highest BCUT2D eigenvalue weighted by molar-refractivity contribution is 5.81. The summed E-state index contributed by atoms with van der Waals surface area (Å²) >= 11 is 0. The van der Waals surface area contributed by atoms with Crippen LogP contribution in [0.5, 0.6) is 0 Å². The number of hydrogen-bond donors (Lipinski definition) is 0. The van der Waals surface area contributed by atoms with Gasteiger partial charge in [-0.25, -0.2) is 4.98 Å². The fourth-order valence-electron chi connectivity index (χ4n) is 6.49. The van der Waals surface area contributed by atoms with Crippen LogP contribution in [0.25, 0.3) is 0 Å². The Hall–Kier alpha value is -2.84. The van der Waals surface area contributed by atoms with Crippen LogP contribution in [0.15, 0.2) is 30.3 Å². The highest BCUT2D eigenvalue weighted by Crippen LogP contribution is 2.38. The molecular weight excluding hydrogens is 555 g/mol. The first kappa shape index (κ1) is 34.0. The lowest BCUT2D eigenvalue weighted by molar-refractivity contribution is -0.156. The standard InChI is InChI=1S/C26H41FN4O3.C10H12/c1-8-18-9-10-19(23(27)28-18)20-15-31(25(2,3)4)16-21(20)24(33)30-13-11-29(12-14-30)17-22(32)34-26(5,6)7;1-8-5-6-9-3-2-4-10(9)7-8/h9-10,20-21H,8,11-17H2,1-7H3;5-7H,2-4H2,1H3. The fraction of sp³-hybridized carbons (Fsp3) is 0.639. The Balaban J connectivity index is 0.000000369. The maximum Gasteiger partial charge on any atom is 0.320 e. The summed E-state index contributed by atoms with van der Waals surface area (Å²) in [6, 6.07) is 10.5. The minimum absolute atomic E-state index is 0.0626. The number of pyridine rings is 1. The molecule has 7 nitrogen and oxygen atoms in total. The molecule has 0 spiro atoms. The van der Waals surface area contributed by atoms with Crippen LogP contribution < -0.4 is 0 Å². The van der Waals surface area contributed by atoms with E-state index in [4.69, 9.17) is 4.74 Å². The molecule has 2 aromatic rings. The third-order valence-corrected chi connectivity index (χ3v) is 8.99. The van der Waals surface area contributed by atoms with Crippen molar-refractivity contribution in [2.45, 2.75) is 98.1 Å². The van der Waals surface area contributed by atoms with Crippen molar-refractivity contribution in [2.75, 3.05) is 45.8 Å². The summed E-state index contributed by atoms with van der Waals surface area (Å²) in [5, 5.41) is 0. The van der Waals surface area contributed by atoms with Crippen molar-refractivity contribution < 1.29 is 18.7 Å². The number of fused-ring (bicyclic) bond motifs is 1. The first-order valence-corrected chi connectivity index (χ1v) is 16.4. The second kappa shape index (κ2) is 14.1. The van der Waals surface area contributed by atoms with Crippen molar-refractivity contribution in [3.63, 3.8) is 0 Å². The molecule has 3 aliphatic rings. The molecule has 2 saturated heterocycles. The van der Waals surface area contributed by atoms with Crippen LogP contribution in [0, 0.1) is 18.8 Å². The van der Waals surface area contributed by atoms with Crippen LogP contribution in [0.2, 0.25) is 0 Å². The van der Waals surface area contributed by atoms with Crippen LogP contribution in [-0.2, 0) is 33.6 Å². The molecule has 3 heterocycles. The summed E-state index contributed by atoms with van der Waals surface area (Å²) in [5.74, 6) is -1.19. The number of piperazine rings is 1. The molecule has 1 aliphatic carbocycles. The quantitative estimate of drug-likeness (QED) is 0.327. The number of carbonyl (C=O) groups is 2. The summed E-state index contributed by atoms with van der Waals surface area (Å²) in [7, 11) is 0. The first-order valence-electron chi connectivity index (χ1n) is 16.4. The van der Waals surface area contributed by atoms with E-state index in [1.165, 1.54) is 24.8 Å². The molecule has 2 unspecified atom stereocenters. The Labute approximate surface area is 264 Å². The smallest absolute Gasteiger partial charge is 0.320 e. The van der Waals surface area contributed by atoms with Gasteiger partial charge in [-0.15, -0.1) is 0 Å². The van der Waals surface area contributed by atoms with Crippen molar-refractivity contribution in [1.29, 1.82) is 0 Å². The Morgan fingerprint density at radius 2 is 1.64 bits per heavy atom. The van der Waals surface area contributed by atoms with Crippen LogP contribution in [-0.4, -0.2) is 88.5 Å². The fourth-order valence-corrected chi connectivity index (χ4v) is 6.49. The second-order valence-electron chi connectivity index (χ2n) is 14.6. The van der Waals surface area contributed by atoms with Crippen molar-refractivity contribution in [2.24, 2.45) is 5.92 Å². The van der Waals surface area contributed by atoms with Crippen molar-refractivity contribution in [1.82, 2.24) is 19.7 Å². The number of carbonyl (C=O) groups excluding carboxylic acids is 2. The molecule has 1 aromatic heterocycles. The van der Waals surface area contributed by atoms with E-state index in [-0.39, 0.29) is 35.8 Å². The third-order valence-electron chi connectivity index (χ3n) is 8.99. The van der Waals surface area contributed by atoms with Crippen LogP contribution >= 0.6 is 0 Å². The number of benzene rings is 1. The minimum atomic E-state index is -0.509. The number of halogens is 1. The molecule has 8 heteroatoms. The molecule has 0 N–H and O–H groups in total. The monoisotopic (exact) mass is 608 g/mol. The average molecular weight is 609 g/mol. The topological polar surface area (TPSA) is 66.0 Å². The van der Waals surface area contributed by atoms with Crippen molar-refractivity contribution in [3.8, 4) is 0 Å². The van der Waals surface area contributed by atoms with Crippen LogP contribution in [0.4, 0.5) is 4.39 Å². The Morgan fingerprint density at radius 1 is 0.955 bits per heavy atom. The first-order chi connectivity index (χ1) is 20.6. The van der Waals surface area contributed by atoms with Crippen LogP contribution in [0.3, 0.4) is 0 Å². The molecule has 0 radical (unpaired) electrons. The van der Waals surface area contributed by atoms with E-state index in [1.54, 1.807) is 11.1 Å². The van der Waals surface area contributed by atoms with Gasteiger partial charge in [-0.05, 0) is 91.3 Å². The summed E-state index contributed by atoms with van der Waals surface area (Å²) in [6.45, 7) is 19.9. The SMILES string of the molecule is CCc1ccc(C2CN(C(C)(C)C)CC2C(=O)N2CCN(CC(=O)OC(C)(C)C)CC2)c(F)n1.Cc1ccc2c(c1)CCC2. The Kier molecular flexibility index (Phi) is 10.9.